The fourth-order valence-electron chi connectivity index (χ4n) is 2.54. The molecule has 0 spiro atoms. The molecule has 2 saturated carbocycles. The highest BCUT2D eigenvalue weighted by molar-refractivity contribution is 5.66. The van der Waals surface area contributed by atoms with E-state index in [0.717, 1.165) is 12.3 Å². The van der Waals surface area contributed by atoms with Crippen molar-refractivity contribution in [3.63, 3.8) is 0 Å². The average Bonchev–Trinajstić information content (AvgIpc) is 2.45. The largest absolute Gasteiger partial charge is 0.462 e. The Morgan fingerprint density at radius 1 is 1.36 bits per heavy atom. The zero-order valence-corrected chi connectivity index (χ0v) is 6.88. The fourth-order valence-corrected chi connectivity index (χ4v) is 2.54. The molecule has 62 valence electrons. The van der Waals surface area contributed by atoms with Crippen molar-refractivity contribution in [2.75, 3.05) is 0 Å². The highest BCUT2D eigenvalue weighted by Gasteiger charge is 2.41. The van der Waals surface area contributed by atoms with Gasteiger partial charge in [-0.25, -0.2) is 0 Å². The number of ether oxygens (including phenoxy) is 1. The van der Waals surface area contributed by atoms with E-state index in [9.17, 15) is 4.79 Å². The summed E-state index contributed by atoms with van der Waals surface area (Å²) in [5, 5.41) is 0. The molecule has 0 aromatic rings. The molecular formula is C9H14O2. The van der Waals surface area contributed by atoms with Crippen LogP contribution >= 0.6 is 0 Å². The molecule has 0 radical (unpaired) electrons. The molecule has 0 aromatic carbocycles. The first-order valence-corrected chi connectivity index (χ1v) is 4.43. The van der Waals surface area contributed by atoms with Gasteiger partial charge in [0.15, 0.2) is 0 Å². The third-order valence-corrected chi connectivity index (χ3v) is 2.99. The summed E-state index contributed by atoms with van der Waals surface area (Å²) in [6, 6.07) is 0. The molecular weight excluding hydrogens is 140 g/mol. The van der Waals surface area contributed by atoms with E-state index >= 15 is 0 Å². The van der Waals surface area contributed by atoms with Crippen LogP contribution in [-0.2, 0) is 9.53 Å². The molecule has 2 aliphatic rings. The lowest BCUT2D eigenvalue weighted by molar-refractivity contribution is -0.148. The minimum atomic E-state index is -0.109. The summed E-state index contributed by atoms with van der Waals surface area (Å²) >= 11 is 0. The molecule has 0 aliphatic heterocycles. The van der Waals surface area contributed by atoms with Crippen LogP contribution in [0.25, 0.3) is 0 Å². The molecule has 2 heteroatoms. The highest BCUT2D eigenvalue weighted by atomic mass is 16.5. The summed E-state index contributed by atoms with van der Waals surface area (Å²) in [7, 11) is 0. The molecule has 3 atom stereocenters. The number of carbonyl (C=O) groups is 1. The van der Waals surface area contributed by atoms with Gasteiger partial charge in [-0.1, -0.05) is 0 Å². The number of hydrogen-bond donors (Lipinski definition) is 0. The second kappa shape index (κ2) is 2.50. The van der Waals surface area contributed by atoms with E-state index in [1.165, 1.54) is 26.2 Å². The molecule has 1 unspecified atom stereocenters. The summed E-state index contributed by atoms with van der Waals surface area (Å²) < 4.78 is 5.21. The summed E-state index contributed by atoms with van der Waals surface area (Å²) in [6.07, 6.45) is 5.35. The average molecular weight is 154 g/mol. The molecule has 0 heterocycles. The minimum Gasteiger partial charge on any atom is -0.462 e. The maximum absolute atomic E-state index is 10.7. The van der Waals surface area contributed by atoms with Gasteiger partial charge in [-0.3, -0.25) is 4.79 Å². The van der Waals surface area contributed by atoms with Gasteiger partial charge in [0.2, 0.25) is 0 Å². The topological polar surface area (TPSA) is 26.3 Å². The third kappa shape index (κ3) is 1.26. The van der Waals surface area contributed by atoms with Gasteiger partial charge in [0.25, 0.3) is 0 Å². The van der Waals surface area contributed by atoms with Crippen LogP contribution in [0.2, 0.25) is 0 Å². The molecule has 0 N–H and O–H groups in total. The van der Waals surface area contributed by atoms with E-state index < -0.39 is 0 Å². The van der Waals surface area contributed by atoms with Crippen LogP contribution in [-0.4, -0.2) is 12.1 Å². The summed E-state index contributed by atoms with van der Waals surface area (Å²) in [5.74, 6) is 1.45. The molecule has 2 fully saturated rings. The monoisotopic (exact) mass is 154 g/mol. The van der Waals surface area contributed by atoms with Gasteiger partial charge >= 0.3 is 5.97 Å². The Bertz CT molecular complexity index is 176. The standard InChI is InChI=1S/C9H14O2/c1-6(10)11-9-5-7-2-3-8(9)4-7/h7-9H,2-5H2,1H3/t7-,8+,9?/m0/s1. The van der Waals surface area contributed by atoms with E-state index in [-0.39, 0.29) is 12.1 Å². The molecule has 0 amide bonds. The first-order chi connectivity index (χ1) is 5.25. The Hall–Kier alpha value is -0.530. The Balaban J connectivity index is 1.92. The fraction of sp³-hybridized carbons (Fsp3) is 0.889. The van der Waals surface area contributed by atoms with E-state index in [0.29, 0.717) is 5.92 Å². The Morgan fingerprint density at radius 3 is 2.64 bits per heavy atom. The number of carbonyl (C=O) groups excluding carboxylic acids is 1. The summed E-state index contributed by atoms with van der Waals surface area (Å²) in [5.41, 5.74) is 0. The van der Waals surface area contributed by atoms with Crippen molar-refractivity contribution in [3.8, 4) is 0 Å². The van der Waals surface area contributed by atoms with Crippen molar-refractivity contribution >= 4 is 5.97 Å². The van der Waals surface area contributed by atoms with Crippen LogP contribution < -0.4 is 0 Å². The first-order valence-electron chi connectivity index (χ1n) is 4.43. The predicted molar refractivity (Wildman–Crippen MR) is 41.0 cm³/mol. The zero-order valence-electron chi connectivity index (χ0n) is 6.88. The van der Waals surface area contributed by atoms with Crippen LogP contribution in [0.1, 0.15) is 32.6 Å². The number of hydrogen-bond acceptors (Lipinski definition) is 2. The van der Waals surface area contributed by atoms with Crippen LogP contribution in [0.5, 0.6) is 0 Å². The quantitative estimate of drug-likeness (QED) is 0.538. The second-order valence-corrected chi connectivity index (χ2v) is 3.82. The Labute approximate surface area is 66.9 Å². The van der Waals surface area contributed by atoms with E-state index in [2.05, 4.69) is 0 Å². The van der Waals surface area contributed by atoms with Gasteiger partial charge in [0.1, 0.15) is 6.10 Å². The minimum absolute atomic E-state index is 0.109. The van der Waals surface area contributed by atoms with Crippen molar-refractivity contribution in [3.05, 3.63) is 0 Å². The molecule has 2 aliphatic carbocycles. The maximum Gasteiger partial charge on any atom is 0.302 e. The maximum atomic E-state index is 10.7. The van der Waals surface area contributed by atoms with E-state index in [1.54, 1.807) is 0 Å². The van der Waals surface area contributed by atoms with Crippen molar-refractivity contribution in [2.24, 2.45) is 11.8 Å². The van der Waals surface area contributed by atoms with Crippen molar-refractivity contribution in [1.29, 1.82) is 0 Å². The predicted octanol–water partition coefficient (Wildman–Crippen LogP) is 1.74. The number of fused-ring (bicyclic) bond motifs is 2. The normalized spacial score (nSPS) is 41.0. The molecule has 2 bridgehead atoms. The number of esters is 1. The van der Waals surface area contributed by atoms with Gasteiger partial charge in [-0.05, 0) is 37.5 Å². The lowest BCUT2D eigenvalue weighted by atomic mass is 9.98. The smallest absolute Gasteiger partial charge is 0.302 e. The molecule has 0 aromatic heterocycles. The summed E-state index contributed by atoms with van der Waals surface area (Å²) in [4.78, 5) is 10.7. The van der Waals surface area contributed by atoms with Crippen LogP contribution in [0, 0.1) is 11.8 Å². The second-order valence-electron chi connectivity index (χ2n) is 3.82. The van der Waals surface area contributed by atoms with Gasteiger partial charge in [-0.2, -0.15) is 0 Å². The van der Waals surface area contributed by atoms with Crippen LogP contribution in [0.3, 0.4) is 0 Å². The molecule has 11 heavy (non-hydrogen) atoms. The molecule has 2 rings (SSSR count). The van der Waals surface area contributed by atoms with Gasteiger partial charge in [0.05, 0.1) is 0 Å². The Morgan fingerprint density at radius 2 is 2.18 bits per heavy atom. The van der Waals surface area contributed by atoms with E-state index in [4.69, 9.17) is 4.74 Å². The van der Waals surface area contributed by atoms with E-state index in [1.807, 2.05) is 0 Å². The third-order valence-electron chi connectivity index (χ3n) is 2.99. The Kier molecular flexibility index (Phi) is 1.63. The van der Waals surface area contributed by atoms with Crippen molar-refractivity contribution in [2.45, 2.75) is 38.7 Å². The first kappa shape index (κ1) is 7.14. The molecule has 0 saturated heterocycles. The van der Waals surface area contributed by atoms with Gasteiger partial charge in [0, 0.05) is 6.92 Å². The summed E-state index contributed by atoms with van der Waals surface area (Å²) in [6.45, 7) is 1.51. The lowest BCUT2D eigenvalue weighted by Gasteiger charge is -2.20. The highest BCUT2D eigenvalue weighted by Crippen LogP contribution is 2.45. The van der Waals surface area contributed by atoms with Gasteiger partial charge < -0.3 is 4.74 Å². The molecule has 2 nitrogen and oxygen atoms in total. The van der Waals surface area contributed by atoms with Crippen molar-refractivity contribution < 1.29 is 9.53 Å². The van der Waals surface area contributed by atoms with Crippen LogP contribution in [0.15, 0.2) is 0 Å². The lowest BCUT2D eigenvalue weighted by Crippen LogP contribution is -2.22. The van der Waals surface area contributed by atoms with Crippen molar-refractivity contribution in [1.82, 2.24) is 0 Å². The number of rotatable bonds is 1. The zero-order chi connectivity index (χ0) is 7.84. The van der Waals surface area contributed by atoms with Gasteiger partial charge in [-0.15, -0.1) is 0 Å². The van der Waals surface area contributed by atoms with Crippen LogP contribution in [0.4, 0.5) is 0 Å². The SMILES string of the molecule is CC(=O)OC1C[C@H]2CC[C@@H]1C2.